The average molecular weight is 322 g/mol. The van der Waals surface area contributed by atoms with Crippen molar-refractivity contribution in [1.82, 2.24) is 0 Å². The van der Waals surface area contributed by atoms with Gasteiger partial charge < -0.3 is 0 Å². The number of alkyl halides is 6. The van der Waals surface area contributed by atoms with Crippen LogP contribution in [0.15, 0.2) is 24.3 Å². The molecule has 0 atom stereocenters. The number of hydrogen-bond donors (Lipinski definition) is 0. The fraction of sp³-hybridized carbons (Fsp3) is 0.250. The van der Waals surface area contributed by atoms with Gasteiger partial charge in [-0.3, -0.25) is 0 Å². The fourth-order valence-electron chi connectivity index (χ4n) is 0.872. The normalized spacial score (nSPS) is 12.1. The Morgan fingerprint density at radius 1 is 0.733 bits per heavy atom. The van der Waals surface area contributed by atoms with Crippen molar-refractivity contribution in [1.29, 1.82) is 0 Å². The molecular weight excluding hydrogens is 318 g/mol. The summed E-state index contributed by atoms with van der Waals surface area (Å²) in [6, 6.07) is 2.00. The largest absolute Gasteiger partial charge is 0.416 e. The van der Waals surface area contributed by atoms with Crippen LogP contribution in [0.1, 0.15) is 11.1 Å². The molecular formula is C8H4AgF6. The van der Waals surface area contributed by atoms with E-state index in [1.54, 1.807) is 0 Å². The maximum atomic E-state index is 12.0. The van der Waals surface area contributed by atoms with Crippen molar-refractivity contribution in [2.24, 2.45) is 0 Å². The zero-order valence-corrected chi connectivity index (χ0v) is 8.36. The number of halogens is 6. The Kier molecular flexibility index (Phi) is 4.45. The number of benzene rings is 1. The van der Waals surface area contributed by atoms with Crippen molar-refractivity contribution in [2.75, 3.05) is 0 Å². The van der Waals surface area contributed by atoms with Crippen molar-refractivity contribution < 1.29 is 48.7 Å². The molecule has 0 nitrogen and oxygen atoms in total. The monoisotopic (exact) mass is 321 g/mol. The van der Waals surface area contributed by atoms with Crippen molar-refractivity contribution in [3.05, 3.63) is 35.4 Å². The Morgan fingerprint density at radius 2 is 1.07 bits per heavy atom. The van der Waals surface area contributed by atoms with E-state index in [9.17, 15) is 26.3 Å². The van der Waals surface area contributed by atoms with Gasteiger partial charge >= 0.3 is 12.4 Å². The maximum Gasteiger partial charge on any atom is 0.416 e. The minimum absolute atomic E-state index is 0. The van der Waals surface area contributed by atoms with Gasteiger partial charge in [0.2, 0.25) is 0 Å². The first-order valence-electron chi connectivity index (χ1n) is 3.46. The quantitative estimate of drug-likeness (QED) is 0.504. The van der Waals surface area contributed by atoms with Crippen LogP contribution < -0.4 is 0 Å². The van der Waals surface area contributed by atoms with Gasteiger partial charge in [0, 0.05) is 22.4 Å². The second-order valence-corrected chi connectivity index (χ2v) is 2.58. The molecule has 0 unspecified atom stereocenters. The minimum atomic E-state index is -4.75. The molecule has 0 spiro atoms. The molecule has 1 rings (SSSR count). The predicted octanol–water partition coefficient (Wildman–Crippen LogP) is 3.72. The summed E-state index contributed by atoms with van der Waals surface area (Å²) < 4.78 is 71.9. The fourth-order valence-corrected chi connectivity index (χ4v) is 0.872. The van der Waals surface area contributed by atoms with E-state index >= 15 is 0 Å². The zero-order valence-electron chi connectivity index (χ0n) is 6.88. The Morgan fingerprint density at radius 3 is 1.33 bits per heavy atom. The van der Waals surface area contributed by atoms with Crippen LogP contribution in [0.2, 0.25) is 0 Å². The Labute approximate surface area is 96.8 Å². The predicted molar refractivity (Wildman–Crippen MR) is 36.4 cm³/mol. The Hall–Kier alpha value is -0.460. The first-order valence-corrected chi connectivity index (χ1v) is 3.46. The summed E-state index contributed by atoms with van der Waals surface area (Å²) in [4.78, 5) is 0. The molecule has 1 aromatic rings. The SMILES string of the molecule is FC(F)(F)c1cccc(C(F)(F)F)c1.[Ag]. The maximum absolute atomic E-state index is 12.0. The molecule has 0 saturated heterocycles. The van der Waals surface area contributed by atoms with Gasteiger partial charge in [-0.05, 0) is 18.2 Å². The van der Waals surface area contributed by atoms with Crippen LogP contribution in [0.5, 0.6) is 0 Å². The molecule has 0 bridgehead atoms. The van der Waals surface area contributed by atoms with Crippen molar-refractivity contribution in [3.8, 4) is 0 Å². The molecule has 0 amide bonds. The average Bonchev–Trinajstić information content (AvgIpc) is 2.01. The van der Waals surface area contributed by atoms with E-state index in [1.807, 2.05) is 0 Å². The van der Waals surface area contributed by atoms with Crippen LogP contribution in [-0.2, 0) is 34.7 Å². The number of hydrogen-bond acceptors (Lipinski definition) is 0. The Bertz CT molecular complexity index is 297. The van der Waals surface area contributed by atoms with Gasteiger partial charge in [0.25, 0.3) is 0 Å². The summed E-state index contributed by atoms with van der Waals surface area (Å²) in [5.41, 5.74) is -2.60. The van der Waals surface area contributed by atoms with Gasteiger partial charge in [-0.15, -0.1) is 0 Å². The molecule has 89 valence electrons. The van der Waals surface area contributed by atoms with Crippen molar-refractivity contribution in [3.63, 3.8) is 0 Å². The standard InChI is InChI=1S/C8H4F6.Ag/c9-7(10,11)5-2-1-3-6(4-5)8(12,13)14;/h1-4H;. The second kappa shape index (κ2) is 4.59. The van der Waals surface area contributed by atoms with Gasteiger partial charge in [-0.2, -0.15) is 26.3 Å². The smallest absolute Gasteiger partial charge is 0.166 e. The van der Waals surface area contributed by atoms with E-state index in [-0.39, 0.29) is 28.4 Å². The molecule has 0 aliphatic rings. The van der Waals surface area contributed by atoms with E-state index in [4.69, 9.17) is 0 Å². The molecule has 0 aliphatic carbocycles. The summed E-state index contributed by atoms with van der Waals surface area (Å²) in [6.45, 7) is 0. The summed E-state index contributed by atoms with van der Waals surface area (Å²) in [5, 5.41) is 0. The Balaban J connectivity index is 0.00000196. The zero-order chi connectivity index (χ0) is 11.0. The summed E-state index contributed by atoms with van der Waals surface area (Å²) in [6.07, 6.45) is -9.50. The van der Waals surface area contributed by atoms with E-state index in [1.165, 1.54) is 0 Å². The van der Waals surface area contributed by atoms with Crippen LogP contribution in [0.3, 0.4) is 0 Å². The molecule has 1 radical (unpaired) electrons. The first-order chi connectivity index (χ1) is 6.21. The van der Waals surface area contributed by atoms with E-state index < -0.39 is 23.5 Å². The van der Waals surface area contributed by atoms with Gasteiger partial charge in [0.1, 0.15) is 0 Å². The van der Waals surface area contributed by atoms with Crippen LogP contribution in [-0.4, -0.2) is 0 Å². The third kappa shape index (κ3) is 3.89. The molecule has 0 heterocycles. The van der Waals surface area contributed by atoms with Gasteiger partial charge in [0.15, 0.2) is 0 Å². The van der Waals surface area contributed by atoms with Gasteiger partial charge in [0.05, 0.1) is 11.1 Å². The second-order valence-electron chi connectivity index (χ2n) is 2.58. The summed E-state index contributed by atoms with van der Waals surface area (Å²) in [5.74, 6) is 0. The third-order valence-corrected chi connectivity index (χ3v) is 1.52. The molecule has 0 saturated carbocycles. The van der Waals surface area contributed by atoms with Crippen LogP contribution in [0.4, 0.5) is 26.3 Å². The summed E-state index contributed by atoms with van der Waals surface area (Å²) >= 11 is 0. The van der Waals surface area contributed by atoms with E-state index in [0.29, 0.717) is 12.1 Å². The molecule has 0 aromatic heterocycles. The minimum Gasteiger partial charge on any atom is -0.166 e. The van der Waals surface area contributed by atoms with Gasteiger partial charge in [-0.25, -0.2) is 0 Å². The molecule has 15 heavy (non-hydrogen) atoms. The number of rotatable bonds is 0. The summed E-state index contributed by atoms with van der Waals surface area (Å²) in [7, 11) is 0. The van der Waals surface area contributed by atoms with Crippen molar-refractivity contribution >= 4 is 0 Å². The molecule has 0 N–H and O–H groups in total. The topological polar surface area (TPSA) is 0 Å². The van der Waals surface area contributed by atoms with E-state index in [0.717, 1.165) is 6.07 Å². The van der Waals surface area contributed by atoms with E-state index in [2.05, 4.69) is 0 Å². The first kappa shape index (κ1) is 14.5. The van der Waals surface area contributed by atoms with Crippen molar-refractivity contribution in [2.45, 2.75) is 12.4 Å². The molecule has 7 heteroatoms. The van der Waals surface area contributed by atoms with Crippen LogP contribution >= 0.6 is 0 Å². The molecule has 1 aromatic carbocycles. The molecule has 0 fully saturated rings. The third-order valence-electron chi connectivity index (χ3n) is 1.52. The van der Waals surface area contributed by atoms with Crippen LogP contribution in [0.25, 0.3) is 0 Å². The van der Waals surface area contributed by atoms with Gasteiger partial charge in [-0.1, -0.05) is 6.07 Å². The molecule has 0 aliphatic heterocycles. The van der Waals surface area contributed by atoms with Crippen LogP contribution in [0, 0.1) is 0 Å².